The van der Waals surface area contributed by atoms with Crippen LogP contribution in [0.4, 0.5) is 0 Å². The number of hydrogen-bond donors (Lipinski definition) is 0. The van der Waals surface area contributed by atoms with E-state index in [1.54, 1.807) is 0 Å². The summed E-state index contributed by atoms with van der Waals surface area (Å²) in [6, 6.07) is 7.64. The van der Waals surface area contributed by atoms with Gasteiger partial charge in [0.15, 0.2) is 5.78 Å². The van der Waals surface area contributed by atoms with Crippen LogP contribution < -0.4 is 0 Å². The van der Waals surface area contributed by atoms with Crippen LogP contribution in [0.3, 0.4) is 0 Å². The lowest BCUT2D eigenvalue weighted by Gasteiger charge is -1.89. The average Bonchev–Trinajstić information content (AvgIpc) is 2.62. The standard InChI is InChI=1S/C11H9ClOS/c1-2-9(13)10-6-7-4-3-5-8(12)11(7)14-10/h3-6H,2H2,1H3. The van der Waals surface area contributed by atoms with Crippen molar-refractivity contribution < 1.29 is 4.79 Å². The fourth-order valence-corrected chi connectivity index (χ4v) is 2.71. The second-order valence-electron chi connectivity index (χ2n) is 3.05. The smallest absolute Gasteiger partial charge is 0.172 e. The van der Waals surface area contributed by atoms with Gasteiger partial charge in [-0.2, -0.15) is 0 Å². The summed E-state index contributed by atoms with van der Waals surface area (Å²) in [7, 11) is 0. The zero-order chi connectivity index (χ0) is 10.1. The third kappa shape index (κ3) is 1.56. The lowest BCUT2D eigenvalue weighted by atomic mass is 10.2. The number of benzene rings is 1. The number of hydrogen-bond acceptors (Lipinski definition) is 2. The summed E-state index contributed by atoms with van der Waals surface area (Å²) in [4.78, 5) is 12.3. The molecule has 1 nitrogen and oxygen atoms in total. The Labute approximate surface area is 91.3 Å². The van der Waals surface area contributed by atoms with E-state index in [0.29, 0.717) is 6.42 Å². The minimum Gasteiger partial charge on any atom is -0.293 e. The van der Waals surface area contributed by atoms with Crippen LogP contribution in [0.25, 0.3) is 10.1 Å². The van der Waals surface area contributed by atoms with Gasteiger partial charge in [-0.25, -0.2) is 0 Å². The van der Waals surface area contributed by atoms with Crippen molar-refractivity contribution in [3.63, 3.8) is 0 Å². The van der Waals surface area contributed by atoms with E-state index in [0.717, 1.165) is 20.0 Å². The highest BCUT2D eigenvalue weighted by atomic mass is 35.5. The Morgan fingerprint density at radius 2 is 2.29 bits per heavy atom. The van der Waals surface area contributed by atoms with E-state index in [9.17, 15) is 4.79 Å². The maximum absolute atomic E-state index is 11.5. The van der Waals surface area contributed by atoms with Crippen LogP contribution in [-0.2, 0) is 0 Å². The number of carbonyl (C=O) groups excluding carboxylic acids is 1. The van der Waals surface area contributed by atoms with Gasteiger partial charge in [-0.05, 0) is 17.5 Å². The maximum Gasteiger partial charge on any atom is 0.172 e. The summed E-state index contributed by atoms with van der Waals surface area (Å²) in [5, 5.41) is 1.78. The highest BCUT2D eigenvalue weighted by Gasteiger charge is 2.09. The quantitative estimate of drug-likeness (QED) is 0.701. The predicted molar refractivity (Wildman–Crippen MR) is 61.5 cm³/mol. The van der Waals surface area contributed by atoms with Crippen LogP contribution in [-0.4, -0.2) is 5.78 Å². The van der Waals surface area contributed by atoms with Gasteiger partial charge in [0.05, 0.1) is 14.6 Å². The van der Waals surface area contributed by atoms with Crippen molar-refractivity contribution in [2.24, 2.45) is 0 Å². The molecule has 0 unspecified atom stereocenters. The molecule has 0 aliphatic carbocycles. The van der Waals surface area contributed by atoms with E-state index in [2.05, 4.69) is 0 Å². The van der Waals surface area contributed by atoms with Crippen LogP contribution in [0.15, 0.2) is 24.3 Å². The van der Waals surface area contributed by atoms with Gasteiger partial charge in [0.2, 0.25) is 0 Å². The zero-order valence-electron chi connectivity index (χ0n) is 7.71. The molecule has 0 radical (unpaired) electrons. The van der Waals surface area contributed by atoms with Gasteiger partial charge in [-0.1, -0.05) is 30.7 Å². The Balaban J connectivity index is 2.62. The molecule has 0 saturated heterocycles. The summed E-state index contributed by atoms with van der Waals surface area (Å²) in [6.07, 6.45) is 0.546. The van der Waals surface area contributed by atoms with Crippen molar-refractivity contribution in [1.82, 2.24) is 0 Å². The van der Waals surface area contributed by atoms with Crippen molar-refractivity contribution >= 4 is 38.8 Å². The first-order valence-corrected chi connectivity index (χ1v) is 5.63. The molecule has 2 aromatic rings. The Hall–Kier alpha value is -0.860. The molecular weight excluding hydrogens is 216 g/mol. The molecule has 3 heteroatoms. The summed E-state index contributed by atoms with van der Waals surface area (Å²) in [5.41, 5.74) is 0. The molecule has 0 amide bonds. The fourth-order valence-electron chi connectivity index (χ4n) is 1.34. The van der Waals surface area contributed by atoms with Gasteiger partial charge < -0.3 is 0 Å². The predicted octanol–water partition coefficient (Wildman–Crippen LogP) is 4.15. The van der Waals surface area contributed by atoms with Crippen molar-refractivity contribution in [2.45, 2.75) is 13.3 Å². The van der Waals surface area contributed by atoms with Crippen molar-refractivity contribution in [1.29, 1.82) is 0 Å². The minimum absolute atomic E-state index is 0.183. The van der Waals surface area contributed by atoms with Gasteiger partial charge in [0.1, 0.15) is 0 Å². The number of carbonyl (C=O) groups is 1. The Bertz CT molecular complexity index is 487. The van der Waals surface area contributed by atoms with Crippen LogP contribution in [0.5, 0.6) is 0 Å². The van der Waals surface area contributed by atoms with E-state index >= 15 is 0 Å². The molecular formula is C11H9ClOS. The largest absolute Gasteiger partial charge is 0.293 e. The molecule has 72 valence electrons. The molecule has 14 heavy (non-hydrogen) atoms. The molecule has 0 aliphatic heterocycles. The van der Waals surface area contributed by atoms with E-state index < -0.39 is 0 Å². The van der Waals surface area contributed by atoms with Crippen LogP contribution in [0.1, 0.15) is 23.0 Å². The molecule has 0 saturated carbocycles. The Kier molecular flexibility index (Phi) is 2.57. The monoisotopic (exact) mass is 224 g/mol. The van der Waals surface area contributed by atoms with E-state index in [1.807, 2.05) is 31.2 Å². The number of thiophene rings is 1. The number of rotatable bonds is 2. The topological polar surface area (TPSA) is 17.1 Å². The first-order chi connectivity index (χ1) is 6.72. The minimum atomic E-state index is 0.183. The zero-order valence-corrected chi connectivity index (χ0v) is 9.28. The van der Waals surface area contributed by atoms with Crippen LogP contribution in [0.2, 0.25) is 5.02 Å². The number of fused-ring (bicyclic) bond motifs is 1. The number of ketones is 1. The molecule has 1 aromatic carbocycles. The number of halogens is 1. The fraction of sp³-hybridized carbons (Fsp3) is 0.182. The molecule has 2 rings (SSSR count). The molecule has 1 aromatic heterocycles. The molecule has 0 bridgehead atoms. The summed E-state index contributed by atoms with van der Waals surface area (Å²) < 4.78 is 1.01. The van der Waals surface area contributed by atoms with Gasteiger partial charge in [-0.3, -0.25) is 4.79 Å². The van der Waals surface area contributed by atoms with Gasteiger partial charge in [0, 0.05) is 6.42 Å². The second-order valence-corrected chi connectivity index (χ2v) is 4.50. The normalized spacial score (nSPS) is 10.7. The first-order valence-electron chi connectivity index (χ1n) is 4.43. The van der Waals surface area contributed by atoms with Crippen molar-refractivity contribution in [3.05, 3.63) is 34.2 Å². The molecule has 0 atom stereocenters. The Morgan fingerprint density at radius 3 is 2.93 bits per heavy atom. The van der Waals surface area contributed by atoms with Crippen LogP contribution >= 0.6 is 22.9 Å². The average molecular weight is 225 g/mol. The van der Waals surface area contributed by atoms with E-state index in [1.165, 1.54) is 11.3 Å². The van der Waals surface area contributed by atoms with Gasteiger partial charge in [0.25, 0.3) is 0 Å². The lowest BCUT2D eigenvalue weighted by molar-refractivity contribution is 0.0992. The number of Topliss-reactive ketones (excluding diaryl/α,β-unsaturated/α-hetero) is 1. The van der Waals surface area contributed by atoms with Crippen LogP contribution in [0, 0.1) is 0 Å². The van der Waals surface area contributed by atoms with Crippen molar-refractivity contribution in [2.75, 3.05) is 0 Å². The third-order valence-electron chi connectivity index (χ3n) is 2.09. The molecule has 0 spiro atoms. The second kappa shape index (κ2) is 3.71. The first kappa shape index (κ1) is 9.69. The van der Waals surface area contributed by atoms with E-state index in [4.69, 9.17) is 11.6 Å². The summed E-state index contributed by atoms with van der Waals surface area (Å²) in [6.45, 7) is 1.87. The summed E-state index contributed by atoms with van der Waals surface area (Å²) in [5.74, 6) is 0.183. The highest BCUT2D eigenvalue weighted by molar-refractivity contribution is 7.21. The molecule has 0 fully saturated rings. The van der Waals surface area contributed by atoms with Gasteiger partial charge >= 0.3 is 0 Å². The molecule has 1 heterocycles. The lowest BCUT2D eigenvalue weighted by Crippen LogP contribution is -1.90. The Morgan fingerprint density at radius 1 is 1.50 bits per heavy atom. The third-order valence-corrected chi connectivity index (χ3v) is 3.74. The van der Waals surface area contributed by atoms with Crippen molar-refractivity contribution in [3.8, 4) is 0 Å². The van der Waals surface area contributed by atoms with E-state index in [-0.39, 0.29) is 5.78 Å². The summed E-state index contributed by atoms with van der Waals surface area (Å²) >= 11 is 7.49. The molecule has 0 N–H and O–H groups in total. The maximum atomic E-state index is 11.5. The highest BCUT2D eigenvalue weighted by Crippen LogP contribution is 2.32. The van der Waals surface area contributed by atoms with Gasteiger partial charge in [-0.15, -0.1) is 11.3 Å². The molecule has 0 aliphatic rings. The SMILES string of the molecule is CCC(=O)c1cc2cccc(Cl)c2s1.